The molecule has 0 atom stereocenters. The maximum Gasteiger partial charge on any atom is 0.243 e. The summed E-state index contributed by atoms with van der Waals surface area (Å²) in [5, 5.41) is 0. The molecule has 0 unspecified atom stereocenters. The molecule has 1 heterocycles. The second-order valence-corrected chi connectivity index (χ2v) is 10.7. The summed E-state index contributed by atoms with van der Waals surface area (Å²) in [4.78, 5) is 2.68. The molecule has 0 radical (unpaired) electrons. The molecule has 6 heteroatoms. The zero-order valence-electron chi connectivity index (χ0n) is 18.3. The lowest BCUT2D eigenvalue weighted by Crippen LogP contribution is -2.48. The van der Waals surface area contributed by atoms with Gasteiger partial charge in [0.15, 0.2) is 0 Å². The van der Waals surface area contributed by atoms with Crippen molar-refractivity contribution in [2.45, 2.75) is 44.9 Å². The second kappa shape index (κ2) is 8.00. The largest absolute Gasteiger partial charge is 0.497 e. The number of nitrogens with zero attached hydrogens (tertiary/aromatic N) is 2. The SMILES string of the molecule is COc1ccc(N2CCN(S(=O)(=O)c3c(C)cc(C(C)(C)C)cc3C)CC2)cc1. The van der Waals surface area contributed by atoms with Crippen molar-refractivity contribution in [1.29, 1.82) is 0 Å². The van der Waals surface area contributed by atoms with Gasteiger partial charge in [-0.1, -0.05) is 32.9 Å². The molecular weight excluding hydrogens is 384 g/mol. The first-order valence-electron chi connectivity index (χ1n) is 10.0. The highest BCUT2D eigenvalue weighted by atomic mass is 32.2. The lowest BCUT2D eigenvalue weighted by atomic mass is 9.85. The third-order valence-corrected chi connectivity index (χ3v) is 7.81. The summed E-state index contributed by atoms with van der Waals surface area (Å²) >= 11 is 0. The molecule has 0 saturated carbocycles. The predicted octanol–water partition coefficient (Wildman–Crippen LogP) is 4.12. The highest BCUT2D eigenvalue weighted by Crippen LogP contribution is 2.31. The summed E-state index contributed by atoms with van der Waals surface area (Å²) in [7, 11) is -1.87. The van der Waals surface area contributed by atoms with E-state index in [4.69, 9.17) is 4.74 Å². The first-order chi connectivity index (χ1) is 13.5. The van der Waals surface area contributed by atoms with Crippen LogP contribution >= 0.6 is 0 Å². The van der Waals surface area contributed by atoms with Crippen LogP contribution in [0.5, 0.6) is 5.75 Å². The van der Waals surface area contributed by atoms with Crippen LogP contribution in [-0.4, -0.2) is 46.0 Å². The van der Waals surface area contributed by atoms with Gasteiger partial charge in [0.05, 0.1) is 12.0 Å². The zero-order chi connectivity index (χ0) is 21.4. The molecule has 1 aliphatic rings. The molecule has 0 aromatic heterocycles. The topological polar surface area (TPSA) is 49.9 Å². The lowest BCUT2D eigenvalue weighted by molar-refractivity contribution is 0.384. The molecule has 29 heavy (non-hydrogen) atoms. The number of methoxy groups -OCH3 is 1. The Bertz CT molecular complexity index is 945. The minimum absolute atomic E-state index is 0.0121. The Balaban J connectivity index is 1.79. The Kier molecular flexibility index (Phi) is 5.97. The number of hydrogen-bond acceptors (Lipinski definition) is 4. The van der Waals surface area contributed by atoms with E-state index in [0.29, 0.717) is 31.1 Å². The third kappa shape index (κ3) is 4.43. The van der Waals surface area contributed by atoms with E-state index in [0.717, 1.165) is 28.1 Å². The fraction of sp³-hybridized carbons (Fsp3) is 0.478. The summed E-state index contributed by atoms with van der Waals surface area (Å²) in [6, 6.07) is 11.9. The average molecular weight is 417 g/mol. The van der Waals surface area contributed by atoms with Gasteiger partial charge < -0.3 is 9.64 Å². The number of ether oxygens (including phenoxy) is 1. The van der Waals surface area contributed by atoms with E-state index < -0.39 is 10.0 Å². The van der Waals surface area contributed by atoms with Gasteiger partial charge in [0.1, 0.15) is 5.75 Å². The Hall–Kier alpha value is -2.05. The van der Waals surface area contributed by atoms with Gasteiger partial charge in [0, 0.05) is 31.9 Å². The molecule has 3 rings (SSSR count). The maximum atomic E-state index is 13.4. The monoisotopic (exact) mass is 416 g/mol. The molecule has 2 aromatic rings. The number of piperazine rings is 1. The maximum absolute atomic E-state index is 13.4. The highest BCUT2D eigenvalue weighted by Gasteiger charge is 2.31. The van der Waals surface area contributed by atoms with Gasteiger partial charge in [-0.25, -0.2) is 8.42 Å². The van der Waals surface area contributed by atoms with Crippen LogP contribution in [0.1, 0.15) is 37.5 Å². The highest BCUT2D eigenvalue weighted by molar-refractivity contribution is 7.89. The van der Waals surface area contributed by atoms with E-state index >= 15 is 0 Å². The van der Waals surface area contributed by atoms with Gasteiger partial charge >= 0.3 is 0 Å². The number of benzene rings is 2. The number of sulfonamides is 1. The van der Waals surface area contributed by atoms with Crippen molar-refractivity contribution >= 4 is 15.7 Å². The summed E-state index contributed by atoms with van der Waals surface area (Å²) in [5.74, 6) is 0.819. The van der Waals surface area contributed by atoms with Gasteiger partial charge in [-0.05, 0) is 60.2 Å². The van der Waals surface area contributed by atoms with Gasteiger partial charge in [0.25, 0.3) is 0 Å². The lowest BCUT2D eigenvalue weighted by Gasteiger charge is -2.36. The fourth-order valence-corrected chi connectivity index (χ4v) is 5.73. The van der Waals surface area contributed by atoms with Crippen molar-refractivity contribution in [3.8, 4) is 5.75 Å². The molecule has 1 saturated heterocycles. The zero-order valence-corrected chi connectivity index (χ0v) is 19.1. The van der Waals surface area contributed by atoms with Crippen molar-refractivity contribution in [2.24, 2.45) is 0 Å². The first kappa shape index (κ1) is 21.7. The van der Waals surface area contributed by atoms with E-state index in [1.165, 1.54) is 0 Å². The van der Waals surface area contributed by atoms with Crippen molar-refractivity contribution in [3.05, 3.63) is 53.1 Å². The van der Waals surface area contributed by atoms with E-state index in [9.17, 15) is 8.42 Å². The Morgan fingerprint density at radius 3 is 1.86 bits per heavy atom. The summed E-state index contributed by atoms with van der Waals surface area (Å²) in [6.07, 6.45) is 0. The molecule has 0 bridgehead atoms. The minimum atomic E-state index is -3.52. The quantitative estimate of drug-likeness (QED) is 0.752. The Labute approximate surface area is 175 Å². The van der Waals surface area contributed by atoms with Crippen LogP contribution in [0.3, 0.4) is 0 Å². The van der Waals surface area contributed by atoms with Crippen LogP contribution in [0.15, 0.2) is 41.3 Å². The van der Waals surface area contributed by atoms with E-state index in [-0.39, 0.29) is 5.41 Å². The van der Waals surface area contributed by atoms with E-state index in [2.05, 4.69) is 25.7 Å². The number of rotatable bonds is 4. The van der Waals surface area contributed by atoms with E-state index in [1.807, 2.05) is 50.2 Å². The predicted molar refractivity (Wildman–Crippen MR) is 119 cm³/mol. The van der Waals surface area contributed by atoms with Crippen LogP contribution in [0, 0.1) is 13.8 Å². The van der Waals surface area contributed by atoms with Crippen LogP contribution in [0.4, 0.5) is 5.69 Å². The number of aryl methyl sites for hydroxylation is 2. The molecule has 0 N–H and O–H groups in total. The molecule has 1 aliphatic heterocycles. The number of hydrogen-bond donors (Lipinski definition) is 0. The molecule has 0 spiro atoms. The standard InChI is InChI=1S/C23H32N2O3S/c1-17-15-19(23(3,4)5)16-18(2)22(17)29(26,27)25-13-11-24(12-14-25)20-7-9-21(28-6)10-8-20/h7-10,15-16H,11-14H2,1-6H3. The van der Waals surface area contributed by atoms with Gasteiger partial charge in [-0.3, -0.25) is 0 Å². The molecule has 5 nitrogen and oxygen atoms in total. The normalized spacial score (nSPS) is 16.1. The smallest absolute Gasteiger partial charge is 0.243 e. The molecular formula is C23H32N2O3S. The first-order valence-corrected chi connectivity index (χ1v) is 11.5. The molecule has 0 amide bonds. The van der Waals surface area contributed by atoms with Crippen LogP contribution in [-0.2, 0) is 15.4 Å². The van der Waals surface area contributed by atoms with Crippen molar-refractivity contribution < 1.29 is 13.2 Å². The fourth-order valence-electron chi connectivity index (χ4n) is 3.90. The minimum Gasteiger partial charge on any atom is -0.497 e. The number of anilines is 1. The van der Waals surface area contributed by atoms with Crippen LogP contribution < -0.4 is 9.64 Å². The summed E-state index contributed by atoms with van der Waals surface area (Å²) in [5.41, 5.74) is 3.89. The molecule has 1 fully saturated rings. The van der Waals surface area contributed by atoms with Gasteiger partial charge in [-0.2, -0.15) is 4.31 Å². The van der Waals surface area contributed by atoms with Crippen molar-refractivity contribution in [2.75, 3.05) is 38.2 Å². The van der Waals surface area contributed by atoms with E-state index in [1.54, 1.807) is 11.4 Å². The molecule has 158 valence electrons. The second-order valence-electron chi connectivity index (χ2n) is 8.78. The molecule has 0 aliphatic carbocycles. The summed E-state index contributed by atoms with van der Waals surface area (Å²) in [6.45, 7) is 12.6. The molecule has 2 aromatic carbocycles. The Morgan fingerprint density at radius 1 is 0.897 bits per heavy atom. The van der Waals surface area contributed by atoms with Gasteiger partial charge in [0.2, 0.25) is 10.0 Å². The third-order valence-electron chi connectivity index (χ3n) is 5.60. The van der Waals surface area contributed by atoms with Crippen molar-refractivity contribution in [1.82, 2.24) is 4.31 Å². The van der Waals surface area contributed by atoms with Crippen molar-refractivity contribution in [3.63, 3.8) is 0 Å². The van der Waals surface area contributed by atoms with Crippen LogP contribution in [0.2, 0.25) is 0 Å². The summed E-state index contributed by atoms with van der Waals surface area (Å²) < 4.78 is 33.7. The van der Waals surface area contributed by atoms with Crippen LogP contribution in [0.25, 0.3) is 0 Å². The Morgan fingerprint density at radius 2 is 1.41 bits per heavy atom. The van der Waals surface area contributed by atoms with Gasteiger partial charge in [-0.15, -0.1) is 0 Å². The average Bonchev–Trinajstić information content (AvgIpc) is 2.66.